The maximum absolute atomic E-state index is 11.5. The summed E-state index contributed by atoms with van der Waals surface area (Å²) in [5.41, 5.74) is 0.857. The molecule has 98 valence electrons. The molecule has 1 atom stereocenters. The number of methoxy groups -OCH3 is 2. The molecule has 0 radical (unpaired) electrons. The van der Waals surface area contributed by atoms with Crippen LogP contribution in [0.1, 0.15) is 18.0 Å². The maximum Gasteiger partial charge on any atom is 0.409 e. The summed E-state index contributed by atoms with van der Waals surface area (Å²) < 4.78 is 9.31. The Hall–Kier alpha value is -2.04. The van der Waals surface area contributed by atoms with Crippen molar-refractivity contribution in [3.05, 3.63) is 35.9 Å². The summed E-state index contributed by atoms with van der Waals surface area (Å²) in [7, 11) is 4.22. The summed E-state index contributed by atoms with van der Waals surface area (Å²) in [5.74, 6) is -0.375. The highest BCUT2D eigenvalue weighted by Crippen LogP contribution is 2.23. The van der Waals surface area contributed by atoms with E-state index in [4.69, 9.17) is 0 Å². The molecular weight excluding hydrogens is 234 g/mol. The zero-order valence-electron chi connectivity index (χ0n) is 10.8. The lowest BCUT2D eigenvalue weighted by molar-refractivity contribution is -0.141. The first-order chi connectivity index (χ1) is 8.60. The van der Waals surface area contributed by atoms with Gasteiger partial charge in [-0.05, 0) is 5.56 Å². The molecule has 18 heavy (non-hydrogen) atoms. The highest BCUT2D eigenvalue weighted by molar-refractivity contribution is 5.73. The number of benzene rings is 1. The van der Waals surface area contributed by atoms with Crippen LogP contribution in [-0.2, 0) is 14.3 Å². The molecule has 0 fully saturated rings. The highest BCUT2D eigenvalue weighted by atomic mass is 16.5. The van der Waals surface area contributed by atoms with E-state index >= 15 is 0 Å². The van der Waals surface area contributed by atoms with Gasteiger partial charge in [-0.1, -0.05) is 30.3 Å². The average molecular weight is 251 g/mol. The van der Waals surface area contributed by atoms with Crippen LogP contribution >= 0.6 is 0 Å². The van der Waals surface area contributed by atoms with E-state index in [9.17, 15) is 9.59 Å². The van der Waals surface area contributed by atoms with Gasteiger partial charge in [-0.2, -0.15) is 0 Å². The second-order valence-corrected chi connectivity index (χ2v) is 3.79. The minimum atomic E-state index is -0.493. The van der Waals surface area contributed by atoms with E-state index in [0.29, 0.717) is 0 Å². The zero-order chi connectivity index (χ0) is 13.5. The van der Waals surface area contributed by atoms with Gasteiger partial charge in [-0.3, -0.25) is 4.79 Å². The molecule has 0 bridgehead atoms. The Kier molecular flexibility index (Phi) is 5.17. The third-order valence-corrected chi connectivity index (χ3v) is 2.70. The second-order valence-electron chi connectivity index (χ2n) is 3.79. The van der Waals surface area contributed by atoms with E-state index in [1.54, 1.807) is 7.05 Å². The zero-order valence-corrected chi connectivity index (χ0v) is 10.8. The normalized spacial score (nSPS) is 11.5. The number of ether oxygens (including phenoxy) is 2. The van der Waals surface area contributed by atoms with Crippen LogP contribution in [0.5, 0.6) is 0 Å². The molecule has 0 aliphatic heterocycles. The maximum atomic E-state index is 11.5. The van der Waals surface area contributed by atoms with Gasteiger partial charge in [0.15, 0.2) is 0 Å². The Morgan fingerprint density at radius 2 is 1.78 bits per heavy atom. The van der Waals surface area contributed by atoms with Gasteiger partial charge in [0.2, 0.25) is 0 Å². The van der Waals surface area contributed by atoms with Crippen LogP contribution in [-0.4, -0.2) is 38.2 Å². The van der Waals surface area contributed by atoms with Crippen LogP contribution in [0, 0.1) is 0 Å². The fourth-order valence-electron chi connectivity index (χ4n) is 1.67. The van der Waals surface area contributed by atoms with Gasteiger partial charge >= 0.3 is 12.1 Å². The Morgan fingerprint density at radius 1 is 1.17 bits per heavy atom. The van der Waals surface area contributed by atoms with Crippen molar-refractivity contribution in [2.75, 3.05) is 21.3 Å². The standard InChI is InChI=1S/C13H17NO4/c1-14(13(16)18-3)11(9-12(15)17-2)10-7-5-4-6-8-10/h4-8,11H,9H2,1-3H3. The number of carbonyl (C=O) groups is 2. The molecule has 0 heterocycles. The first-order valence-corrected chi connectivity index (χ1v) is 5.52. The van der Waals surface area contributed by atoms with Crippen LogP contribution in [0.3, 0.4) is 0 Å². The van der Waals surface area contributed by atoms with Crippen LogP contribution in [0.2, 0.25) is 0 Å². The number of esters is 1. The van der Waals surface area contributed by atoms with Gasteiger partial charge in [0.25, 0.3) is 0 Å². The first-order valence-electron chi connectivity index (χ1n) is 5.52. The summed E-state index contributed by atoms with van der Waals surface area (Å²) >= 11 is 0. The third kappa shape index (κ3) is 3.48. The molecule has 0 aliphatic rings. The van der Waals surface area contributed by atoms with Crippen LogP contribution < -0.4 is 0 Å². The van der Waals surface area contributed by atoms with Gasteiger partial charge in [0.05, 0.1) is 26.7 Å². The van der Waals surface area contributed by atoms with E-state index in [0.717, 1.165) is 5.56 Å². The van der Waals surface area contributed by atoms with Gasteiger partial charge in [0, 0.05) is 7.05 Å². The molecule has 0 saturated heterocycles. The van der Waals surface area contributed by atoms with Gasteiger partial charge in [0.1, 0.15) is 0 Å². The largest absolute Gasteiger partial charge is 0.469 e. The average Bonchev–Trinajstić information content (AvgIpc) is 2.43. The molecule has 5 nitrogen and oxygen atoms in total. The van der Waals surface area contributed by atoms with Gasteiger partial charge in [-0.25, -0.2) is 4.79 Å². The lowest BCUT2D eigenvalue weighted by atomic mass is 10.0. The molecule has 0 spiro atoms. The lowest BCUT2D eigenvalue weighted by Gasteiger charge is -2.26. The monoisotopic (exact) mass is 251 g/mol. The van der Waals surface area contributed by atoms with Crippen LogP contribution in [0.25, 0.3) is 0 Å². The topological polar surface area (TPSA) is 55.8 Å². The van der Waals surface area contributed by atoms with E-state index in [1.807, 2.05) is 30.3 Å². The van der Waals surface area contributed by atoms with Crippen molar-refractivity contribution < 1.29 is 19.1 Å². The SMILES string of the molecule is COC(=O)CC(c1ccccc1)N(C)C(=O)OC. The molecule has 1 unspecified atom stereocenters. The molecule has 5 heteroatoms. The summed E-state index contributed by atoms with van der Waals surface area (Å²) in [6, 6.07) is 8.89. The van der Waals surface area contributed by atoms with Crippen molar-refractivity contribution in [2.45, 2.75) is 12.5 Å². The summed E-state index contributed by atoms with van der Waals surface area (Å²) in [4.78, 5) is 24.3. The molecule has 0 aromatic heterocycles. The Morgan fingerprint density at radius 3 is 2.28 bits per heavy atom. The number of hydrogen-bond donors (Lipinski definition) is 0. The summed E-state index contributed by atoms with van der Waals surface area (Å²) in [5, 5.41) is 0. The quantitative estimate of drug-likeness (QED) is 0.768. The van der Waals surface area contributed by atoms with Crippen molar-refractivity contribution in [3.63, 3.8) is 0 Å². The fraction of sp³-hybridized carbons (Fsp3) is 0.385. The lowest BCUT2D eigenvalue weighted by Crippen LogP contribution is -2.32. The summed E-state index contributed by atoms with van der Waals surface area (Å²) in [6.45, 7) is 0. The summed E-state index contributed by atoms with van der Waals surface area (Å²) in [6.07, 6.45) is -0.403. The Bertz CT molecular complexity index is 405. The number of hydrogen-bond acceptors (Lipinski definition) is 4. The van der Waals surface area contributed by atoms with Crippen molar-refractivity contribution in [2.24, 2.45) is 0 Å². The van der Waals surface area contributed by atoms with Crippen molar-refractivity contribution >= 4 is 12.1 Å². The molecule has 1 rings (SSSR count). The fourth-order valence-corrected chi connectivity index (χ4v) is 1.67. The molecule has 1 aromatic rings. The molecule has 1 amide bonds. The highest BCUT2D eigenvalue weighted by Gasteiger charge is 2.25. The molecule has 0 saturated carbocycles. The van der Waals surface area contributed by atoms with Crippen molar-refractivity contribution in [1.29, 1.82) is 0 Å². The Labute approximate surface area is 106 Å². The van der Waals surface area contributed by atoms with E-state index in [-0.39, 0.29) is 12.4 Å². The second kappa shape index (κ2) is 6.64. The molecule has 0 aliphatic carbocycles. The minimum absolute atomic E-state index is 0.0894. The predicted molar refractivity (Wildman–Crippen MR) is 66.0 cm³/mol. The van der Waals surface area contributed by atoms with Gasteiger partial charge < -0.3 is 14.4 Å². The van der Waals surface area contributed by atoms with E-state index < -0.39 is 12.1 Å². The molecule has 1 aromatic carbocycles. The van der Waals surface area contributed by atoms with Gasteiger partial charge in [-0.15, -0.1) is 0 Å². The minimum Gasteiger partial charge on any atom is -0.469 e. The number of amides is 1. The van der Waals surface area contributed by atoms with Crippen molar-refractivity contribution in [1.82, 2.24) is 4.90 Å². The smallest absolute Gasteiger partial charge is 0.409 e. The molecule has 0 N–H and O–H groups in total. The third-order valence-electron chi connectivity index (χ3n) is 2.70. The van der Waals surface area contributed by atoms with E-state index in [2.05, 4.69) is 9.47 Å². The molecular formula is C13H17NO4. The van der Waals surface area contributed by atoms with Crippen LogP contribution in [0.4, 0.5) is 4.79 Å². The number of nitrogens with zero attached hydrogens (tertiary/aromatic N) is 1. The first kappa shape index (κ1) is 14.0. The number of rotatable bonds is 4. The predicted octanol–water partition coefficient (Wildman–Crippen LogP) is 1.99. The van der Waals surface area contributed by atoms with E-state index in [1.165, 1.54) is 19.1 Å². The van der Waals surface area contributed by atoms with Crippen molar-refractivity contribution in [3.8, 4) is 0 Å². The number of carbonyl (C=O) groups excluding carboxylic acids is 2. The van der Waals surface area contributed by atoms with Crippen LogP contribution in [0.15, 0.2) is 30.3 Å². The Balaban J connectivity index is 2.95.